The topological polar surface area (TPSA) is 17.6 Å². The molecule has 0 aliphatic rings. The summed E-state index contributed by atoms with van der Waals surface area (Å²) in [6, 6.07) is 0.536. The number of nitrogens with zero attached hydrogens (tertiary/aromatic N) is 4. The van der Waals surface area contributed by atoms with Crippen molar-refractivity contribution in [3.63, 3.8) is 0 Å². The van der Waals surface area contributed by atoms with Crippen LogP contribution in [0.2, 0.25) is 0 Å². The number of hydrogen-bond donors (Lipinski definition) is 0. The fourth-order valence-electron chi connectivity index (χ4n) is 1.85. The maximum Gasteiger partial charge on any atom is 0.243 e. The predicted octanol–water partition coefficient (Wildman–Crippen LogP) is 1.01. The molecule has 0 saturated heterocycles. The van der Waals surface area contributed by atoms with Gasteiger partial charge < -0.3 is 0 Å². The molecule has 5 heteroatoms. The molecule has 94 valence electrons. The van der Waals surface area contributed by atoms with Gasteiger partial charge in [0.2, 0.25) is 12.7 Å². The van der Waals surface area contributed by atoms with E-state index in [9.17, 15) is 0 Å². The minimum absolute atomic E-state index is 0. The Kier molecular flexibility index (Phi) is 4.75. The van der Waals surface area contributed by atoms with E-state index in [1.165, 1.54) is 0 Å². The molecular weight excluding hydrogens is 236 g/mol. The molecule has 17 heavy (non-hydrogen) atoms. The second-order valence-electron chi connectivity index (χ2n) is 4.48. The highest BCUT2D eigenvalue weighted by Gasteiger charge is 2.12. The van der Waals surface area contributed by atoms with Crippen LogP contribution in [0.25, 0.3) is 0 Å². The molecule has 0 bridgehead atoms. The molecule has 0 aliphatic heterocycles. The second kappa shape index (κ2) is 5.87. The summed E-state index contributed by atoms with van der Waals surface area (Å²) in [7, 11) is 4.10. The first-order chi connectivity index (χ1) is 7.65. The molecule has 2 aromatic heterocycles. The smallest absolute Gasteiger partial charge is 0.240 e. The van der Waals surface area contributed by atoms with Gasteiger partial charge in [0.05, 0.1) is 20.6 Å². The molecule has 0 saturated carbocycles. The van der Waals surface area contributed by atoms with Gasteiger partial charge in [-0.2, -0.15) is 0 Å². The molecule has 0 N–H and O–H groups in total. The van der Waals surface area contributed by atoms with E-state index in [2.05, 4.69) is 69.7 Å². The van der Waals surface area contributed by atoms with Crippen molar-refractivity contribution in [3.8, 4) is 0 Å². The zero-order valence-corrected chi connectivity index (χ0v) is 11.5. The minimum Gasteiger partial charge on any atom is -0.240 e. The summed E-state index contributed by atoms with van der Waals surface area (Å²) < 4.78 is 8.62. The van der Waals surface area contributed by atoms with E-state index in [4.69, 9.17) is 0 Å². The summed E-state index contributed by atoms with van der Waals surface area (Å²) in [5, 5.41) is 0. The Hall–Kier alpha value is -1.29. The molecule has 2 aromatic rings. The molecule has 0 aliphatic carbocycles. The zero-order valence-electron chi connectivity index (χ0n) is 10.7. The van der Waals surface area contributed by atoms with Crippen LogP contribution in [0.1, 0.15) is 19.4 Å². The predicted molar refractivity (Wildman–Crippen MR) is 67.8 cm³/mol. The number of halogens is 1. The monoisotopic (exact) mass is 256 g/mol. The third kappa shape index (κ3) is 3.60. The highest BCUT2D eigenvalue weighted by atomic mass is 35.5. The van der Waals surface area contributed by atoms with E-state index in [1.54, 1.807) is 0 Å². The molecule has 0 amide bonds. The largest absolute Gasteiger partial charge is 0.243 e. The fraction of sp³-hybridized carbons (Fsp3) is 0.500. The number of aryl methyl sites for hydroxylation is 3. The molecule has 1 atom stereocenters. The standard InChI is InChI=1S/C12H20N4.ClH/c1-12(16-9-7-14(3)11-16)4-5-15-8-6-13(2)10-15;/h6-12H,4-5H2,1-3H3;1H/q+2;. The lowest BCUT2D eigenvalue weighted by molar-refractivity contribution is -0.741. The minimum atomic E-state index is 0. The molecular formula is C12H21ClN4+2. The Morgan fingerprint density at radius 1 is 1.06 bits per heavy atom. The van der Waals surface area contributed by atoms with Gasteiger partial charge in [-0.1, -0.05) is 0 Å². The Labute approximate surface area is 109 Å². The van der Waals surface area contributed by atoms with E-state index < -0.39 is 0 Å². The fourth-order valence-corrected chi connectivity index (χ4v) is 1.85. The molecule has 1 unspecified atom stereocenters. The van der Waals surface area contributed by atoms with Gasteiger partial charge in [-0.3, -0.25) is 0 Å². The van der Waals surface area contributed by atoms with Crippen molar-refractivity contribution >= 4 is 12.4 Å². The Morgan fingerprint density at radius 2 is 1.71 bits per heavy atom. The highest BCUT2D eigenvalue weighted by Crippen LogP contribution is 2.00. The second-order valence-corrected chi connectivity index (χ2v) is 4.48. The maximum atomic E-state index is 2.25. The molecule has 2 heterocycles. The zero-order chi connectivity index (χ0) is 11.5. The lowest BCUT2D eigenvalue weighted by atomic mass is 10.2. The summed E-state index contributed by atoms with van der Waals surface area (Å²) >= 11 is 0. The van der Waals surface area contributed by atoms with Gasteiger partial charge in [-0.25, -0.2) is 18.3 Å². The van der Waals surface area contributed by atoms with Crippen LogP contribution in [0.3, 0.4) is 0 Å². The van der Waals surface area contributed by atoms with Crippen LogP contribution in [0.5, 0.6) is 0 Å². The van der Waals surface area contributed by atoms with Gasteiger partial charge in [0.25, 0.3) is 0 Å². The summed E-state index contributed by atoms with van der Waals surface area (Å²) in [5.74, 6) is 0. The van der Waals surface area contributed by atoms with Crippen LogP contribution in [-0.4, -0.2) is 9.13 Å². The van der Waals surface area contributed by atoms with E-state index in [0.29, 0.717) is 6.04 Å². The average Bonchev–Trinajstić information content (AvgIpc) is 2.84. The number of hydrogen-bond acceptors (Lipinski definition) is 0. The van der Waals surface area contributed by atoms with Crippen LogP contribution < -0.4 is 9.13 Å². The number of imidazole rings is 2. The van der Waals surface area contributed by atoms with Gasteiger partial charge in [0.15, 0.2) is 0 Å². The maximum absolute atomic E-state index is 2.25. The van der Waals surface area contributed by atoms with Crippen molar-refractivity contribution in [2.24, 2.45) is 14.1 Å². The highest BCUT2D eigenvalue weighted by molar-refractivity contribution is 5.85. The van der Waals surface area contributed by atoms with Gasteiger partial charge in [0.1, 0.15) is 30.8 Å². The summed E-state index contributed by atoms with van der Waals surface area (Å²) in [5.41, 5.74) is 0. The van der Waals surface area contributed by atoms with Crippen LogP contribution >= 0.6 is 12.4 Å². The van der Waals surface area contributed by atoms with Crippen molar-refractivity contribution in [1.29, 1.82) is 0 Å². The molecule has 0 spiro atoms. The van der Waals surface area contributed by atoms with Crippen LogP contribution in [0, 0.1) is 0 Å². The Morgan fingerprint density at radius 3 is 2.24 bits per heavy atom. The van der Waals surface area contributed by atoms with Crippen molar-refractivity contribution in [2.75, 3.05) is 0 Å². The molecule has 4 nitrogen and oxygen atoms in total. The van der Waals surface area contributed by atoms with Crippen LogP contribution in [0.15, 0.2) is 37.4 Å². The number of rotatable bonds is 4. The molecule has 2 rings (SSSR count). The first kappa shape index (κ1) is 13.8. The van der Waals surface area contributed by atoms with E-state index in [0.717, 1.165) is 13.0 Å². The first-order valence-electron chi connectivity index (χ1n) is 5.69. The third-order valence-electron chi connectivity index (χ3n) is 2.93. The van der Waals surface area contributed by atoms with E-state index >= 15 is 0 Å². The quantitative estimate of drug-likeness (QED) is 0.727. The SMILES string of the molecule is CC(CC[n+]1ccn(C)c1)[n+]1ccn(C)c1.Cl. The lowest BCUT2D eigenvalue weighted by Crippen LogP contribution is -2.40. The van der Waals surface area contributed by atoms with Crippen LogP contribution in [-0.2, 0) is 20.6 Å². The van der Waals surface area contributed by atoms with Crippen molar-refractivity contribution in [3.05, 3.63) is 37.4 Å². The summed E-state index contributed by atoms with van der Waals surface area (Å²) in [4.78, 5) is 0. The van der Waals surface area contributed by atoms with Crippen LogP contribution in [0.4, 0.5) is 0 Å². The van der Waals surface area contributed by atoms with Crippen molar-refractivity contribution < 1.29 is 9.13 Å². The number of aromatic nitrogens is 4. The average molecular weight is 257 g/mol. The molecule has 0 aromatic carbocycles. The summed E-state index contributed by atoms with van der Waals surface area (Å²) in [6.07, 6.45) is 13.8. The van der Waals surface area contributed by atoms with E-state index in [-0.39, 0.29) is 12.4 Å². The summed E-state index contributed by atoms with van der Waals surface area (Å²) in [6.45, 7) is 3.31. The lowest BCUT2D eigenvalue weighted by Gasteiger charge is -2.05. The van der Waals surface area contributed by atoms with Gasteiger partial charge in [-0.05, 0) is 6.92 Å². The molecule has 0 fully saturated rings. The normalized spacial score (nSPS) is 12.2. The third-order valence-corrected chi connectivity index (χ3v) is 2.93. The van der Waals surface area contributed by atoms with Crippen molar-refractivity contribution in [1.82, 2.24) is 9.13 Å². The Bertz CT molecular complexity index is 461. The van der Waals surface area contributed by atoms with E-state index in [1.807, 2.05) is 7.05 Å². The van der Waals surface area contributed by atoms with Gasteiger partial charge in [0, 0.05) is 6.42 Å². The molecule has 0 radical (unpaired) electrons. The first-order valence-corrected chi connectivity index (χ1v) is 5.69. The van der Waals surface area contributed by atoms with Crippen molar-refractivity contribution in [2.45, 2.75) is 25.9 Å². The van der Waals surface area contributed by atoms with Gasteiger partial charge >= 0.3 is 0 Å². The van der Waals surface area contributed by atoms with Gasteiger partial charge in [-0.15, -0.1) is 12.4 Å². The Balaban J connectivity index is 0.00000144.